The first-order chi connectivity index (χ1) is 18.6. The molecule has 2 aromatic carbocycles. The maximum absolute atomic E-state index is 13.8. The molecule has 204 valence electrons. The molecule has 0 radical (unpaired) electrons. The summed E-state index contributed by atoms with van der Waals surface area (Å²) in [6, 6.07) is 11.2. The highest BCUT2D eigenvalue weighted by Gasteiger charge is 2.34. The van der Waals surface area contributed by atoms with Crippen LogP contribution < -0.4 is 15.2 Å². The minimum absolute atomic E-state index is 0.0164. The quantitative estimate of drug-likeness (QED) is 0.420. The fourth-order valence-electron chi connectivity index (χ4n) is 4.64. The third-order valence-corrected chi connectivity index (χ3v) is 8.98. The van der Waals surface area contributed by atoms with Gasteiger partial charge < -0.3 is 9.64 Å². The fourth-order valence-corrected chi connectivity index (χ4v) is 6.16. The van der Waals surface area contributed by atoms with Crippen LogP contribution in [-0.2, 0) is 15.8 Å². The molecule has 2 aliphatic rings. The zero-order chi connectivity index (χ0) is 27.7. The largest absolute Gasteiger partial charge is 0.486 e. The zero-order valence-corrected chi connectivity index (χ0v) is 22.1. The molecule has 1 aliphatic heterocycles. The Hall–Kier alpha value is -3.82. The Bertz CT molecular complexity index is 1560. The predicted octanol–water partition coefficient (Wildman–Crippen LogP) is 3.07. The summed E-state index contributed by atoms with van der Waals surface area (Å²) >= 11 is 0. The molecule has 2 atom stereocenters. The number of rotatable bonds is 8. The maximum atomic E-state index is 13.8. The summed E-state index contributed by atoms with van der Waals surface area (Å²) in [5.74, 6) is -1.04. The van der Waals surface area contributed by atoms with Gasteiger partial charge in [0.05, 0.1) is 35.9 Å². The molecule has 39 heavy (non-hydrogen) atoms. The van der Waals surface area contributed by atoms with Crippen LogP contribution in [0.15, 0.2) is 53.5 Å². The number of aromatic nitrogens is 2. The van der Waals surface area contributed by atoms with Crippen molar-refractivity contribution < 1.29 is 21.9 Å². The number of sulfonamides is 1. The van der Waals surface area contributed by atoms with E-state index in [1.807, 2.05) is 11.0 Å². The van der Waals surface area contributed by atoms with E-state index in [0.29, 0.717) is 54.4 Å². The van der Waals surface area contributed by atoms with Crippen LogP contribution in [0.1, 0.15) is 24.5 Å². The first-order valence-corrected chi connectivity index (χ1v) is 14.2. The molecule has 1 aromatic heterocycles. The molecular formula is C27H27F2N5O4S. The van der Waals surface area contributed by atoms with Gasteiger partial charge in [0.25, 0.3) is 0 Å². The van der Waals surface area contributed by atoms with Gasteiger partial charge in [-0.05, 0) is 48.1 Å². The van der Waals surface area contributed by atoms with Gasteiger partial charge >= 0.3 is 5.56 Å². The van der Waals surface area contributed by atoms with Crippen LogP contribution in [0.25, 0.3) is 5.69 Å². The molecule has 2 heterocycles. The van der Waals surface area contributed by atoms with Gasteiger partial charge in [-0.3, -0.25) is 4.79 Å². The van der Waals surface area contributed by atoms with E-state index in [1.54, 1.807) is 24.3 Å². The lowest BCUT2D eigenvalue weighted by atomic mass is 10.2. The Balaban J connectivity index is 1.36. The summed E-state index contributed by atoms with van der Waals surface area (Å²) in [6.07, 6.45) is 2.40. The summed E-state index contributed by atoms with van der Waals surface area (Å²) in [6.45, 7) is 3.38. The van der Waals surface area contributed by atoms with Crippen LogP contribution in [-0.4, -0.2) is 55.3 Å². The van der Waals surface area contributed by atoms with E-state index < -0.39 is 27.2 Å². The molecule has 9 nitrogen and oxygen atoms in total. The number of ether oxygens (including phenoxy) is 1. The number of nitrogens with zero attached hydrogens (tertiary/aromatic N) is 5. The van der Waals surface area contributed by atoms with E-state index in [-0.39, 0.29) is 30.3 Å². The number of benzene rings is 2. The second-order valence-corrected chi connectivity index (χ2v) is 11.9. The smallest absolute Gasteiger partial charge is 0.316 e. The van der Waals surface area contributed by atoms with Crippen molar-refractivity contribution in [3.05, 3.63) is 81.8 Å². The van der Waals surface area contributed by atoms with Crippen molar-refractivity contribution in [2.75, 3.05) is 37.7 Å². The van der Waals surface area contributed by atoms with Crippen molar-refractivity contribution in [1.29, 1.82) is 5.26 Å². The number of halogens is 2. The van der Waals surface area contributed by atoms with E-state index in [1.165, 1.54) is 10.5 Å². The van der Waals surface area contributed by atoms with E-state index in [4.69, 9.17) is 10.00 Å². The Labute approximate surface area is 224 Å². The minimum atomic E-state index is -3.61. The Morgan fingerprint density at radius 1 is 1.08 bits per heavy atom. The maximum Gasteiger partial charge on any atom is 0.316 e. The summed E-state index contributed by atoms with van der Waals surface area (Å²) in [7, 11) is -3.61. The SMILES string of the molecule is CC1CC1COc1c(N2CCN(S(=O)(=O)Cc3ccc(C#N)cc3)CC2)cnn(-c2cc(F)cc(F)c2)c1=O. The average molecular weight is 556 g/mol. The lowest BCUT2D eigenvalue weighted by molar-refractivity contribution is 0.286. The predicted molar refractivity (Wildman–Crippen MR) is 140 cm³/mol. The highest BCUT2D eigenvalue weighted by molar-refractivity contribution is 7.88. The highest BCUT2D eigenvalue weighted by atomic mass is 32.2. The number of piperazine rings is 1. The third kappa shape index (κ3) is 5.94. The van der Waals surface area contributed by atoms with Gasteiger partial charge in [-0.15, -0.1) is 0 Å². The van der Waals surface area contributed by atoms with Crippen molar-refractivity contribution in [2.45, 2.75) is 19.1 Å². The van der Waals surface area contributed by atoms with Gasteiger partial charge in [0.15, 0.2) is 0 Å². The first-order valence-electron chi connectivity index (χ1n) is 12.6. The molecular weight excluding hydrogens is 528 g/mol. The van der Waals surface area contributed by atoms with E-state index in [0.717, 1.165) is 23.2 Å². The lowest BCUT2D eigenvalue weighted by Gasteiger charge is -2.35. The van der Waals surface area contributed by atoms with E-state index in [9.17, 15) is 22.0 Å². The highest BCUT2D eigenvalue weighted by Crippen LogP contribution is 2.38. The van der Waals surface area contributed by atoms with E-state index >= 15 is 0 Å². The summed E-state index contributed by atoms with van der Waals surface area (Å²) in [5, 5.41) is 13.1. The van der Waals surface area contributed by atoms with Crippen molar-refractivity contribution in [3.8, 4) is 17.5 Å². The first kappa shape index (κ1) is 26.8. The standard InChI is InChI=1S/C27H27F2N5O4S/c1-18-10-21(18)16-38-26-25(15-31-34(27(26)35)24-12-22(28)11-23(29)13-24)32-6-8-33(9-7-32)39(36,37)17-20-4-2-19(14-30)3-5-20/h2-5,11-13,15,18,21H,6-10,16-17H2,1H3. The van der Waals surface area contributed by atoms with Crippen LogP contribution in [0, 0.1) is 34.8 Å². The topological polar surface area (TPSA) is 109 Å². The lowest BCUT2D eigenvalue weighted by Crippen LogP contribution is -2.49. The second kappa shape index (κ2) is 10.7. The number of nitriles is 1. The number of anilines is 1. The monoisotopic (exact) mass is 555 g/mol. The molecule has 2 unspecified atom stereocenters. The van der Waals surface area contributed by atoms with Crippen molar-refractivity contribution >= 4 is 15.7 Å². The summed E-state index contributed by atoms with van der Waals surface area (Å²) < 4.78 is 62.0. The second-order valence-electron chi connectivity index (χ2n) is 9.94. The molecule has 1 aliphatic carbocycles. The number of hydrogen-bond donors (Lipinski definition) is 0. The van der Waals surface area contributed by atoms with Crippen molar-refractivity contribution in [3.63, 3.8) is 0 Å². The van der Waals surface area contributed by atoms with Gasteiger partial charge in [0.2, 0.25) is 15.8 Å². The molecule has 5 rings (SSSR count). The van der Waals surface area contributed by atoms with Crippen LogP contribution in [0.4, 0.5) is 14.5 Å². The molecule has 0 amide bonds. The molecule has 2 fully saturated rings. The van der Waals surface area contributed by atoms with Gasteiger partial charge in [-0.25, -0.2) is 17.2 Å². The Morgan fingerprint density at radius 2 is 1.72 bits per heavy atom. The van der Waals surface area contributed by atoms with Crippen molar-refractivity contribution in [2.24, 2.45) is 11.8 Å². The molecule has 12 heteroatoms. The van der Waals surface area contributed by atoms with Gasteiger partial charge in [0, 0.05) is 32.2 Å². The van der Waals surface area contributed by atoms with E-state index in [2.05, 4.69) is 12.0 Å². The van der Waals surface area contributed by atoms with Crippen LogP contribution in [0.2, 0.25) is 0 Å². The Kier molecular flexibility index (Phi) is 7.38. The van der Waals surface area contributed by atoms with Crippen LogP contribution in [0.3, 0.4) is 0 Å². The molecule has 0 spiro atoms. The Morgan fingerprint density at radius 3 is 2.31 bits per heavy atom. The normalized spacial score (nSPS) is 19.5. The minimum Gasteiger partial charge on any atom is -0.486 e. The van der Waals surface area contributed by atoms with Crippen LogP contribution in [0.5, 0.6) is 5.75 Å². The molecule has 0 N–H and O–H groups in total. The summed E-state index contributed by atoms with van der Waals surface area (Å²) in [5.41, 5.74) is 0.736. The van der Waals surface area contributed by atoms with Gasteiger partial charge in [-0.1, -0.05) is 19.1 Å². The fraction of sp³-hybridized carbons (Fsp3) is 0.370. The summed E-state index contributed by atoms with van der Waals surface area (Å²) in [4.78, 5) is 15.3. The zero-order valence-electron chi connectivity index (χ0n) is 21.3. The molecule has 0 bridgehead atoms. The average Bonchev–Trinajstić information content (AvgIpc) is 3.62. The van der Waals surface area contributed by atoms with Gasteiger partial charge in [0.1, 0.15) is 17.3 Å². The molecule has 1 saturated carbocycles. The van der Waals surface area contributed by atoms with Crippen LogP contribution >= 0.6 is 0 Å². The molecule has 1 saturated heterocycles. The number of hydrogen-bond acceptors (Lipinski definition) is 7. The van der Waals surface area contributed by atoms with Gasteiger partial charge in [-0.2, -0.15) is 19.3 Å². The van der Waals surface area contributed by atoms with Crippen molar-refractivity contribution in [1.82, 2.24) is 14.1 Å². The third-order valence-electron chi connectivity index (χ3n) is 7.13. The molecule has 3 aromatic rings.